The molecule has 0 unspecified atom stereocenters. The Labute approximate surface area is 124 Å². The first kappa shape index (κ1) is 15.1. The zero-order valence-electron chi connectivity index (χ0n) is 12.8. The van der Waals surface area contributed by atoms with E-state index in [0.29, 0.717) is 5.75 Å². The summed E-state index contributed by atoms with van der Waals surface area (Å²) in [5, 5.41) is 6.70. The Kier molecular flexibility index (Phi) is 4.31. The van der Waals surface area contributed by atoms with Gasteiger partial charge in [-0.3, -0.25) is 9.89 Å². The van der Waals surface area contributed by atoms with Gasteiger partial charge in [0.2, 0.25) is 0 Å². The number of H-pyrrole nitrogens is 1. The van der Waals surface area contributed by atoms with Crippen LogP contribution in [0.2, 0.25) is 0 Å². The van der Waals surface area contributed by atoms with Gasteiger partial charge in [0.1, 0.15) is 11.4 Å². The van der Waals surface area contributed by atoms with Gasteiger partial charge in [-0.15, -0.1) is 0 Å². The Hall–Kier alpha value is -2.30. The number of aromatic amines is 1. The normalized spacial score (nSPS) is 11.2. The fraction of sp³-hybridized carbons (Fsp3) is 0.375. The number of methoxy groups -OCH3 is 1. The minimum absolute atomic E-state index is 0.187. The van der Waals surface area contributed by atoms with E-state index in [-0.39, 0.29) is 12.4 Å². The van der Waals surface area contributed by atoms with Crippen molar-refractivity contribution in [3.63, 3.8) is 0 Å². The van der Waals surface area contributed by atoms with Crippen molar-refractivity contribution >= 4 is 5.97 Å². The molecular formula is C16H20N2O3. The molecule has 0 spiro atoms. The molecule has 0 fully saturated rings. The number of ether oxygens (including phenoxy) is 2. The molecule has 21 heavy (non-hydrogen) atoms. The number of hydrogen-bond donors (Lipinski definition) is 1. The Morgan fingerprint density at radius 2 is 2.05 bits per heavy atom. The Morgan fingerprint density at radius 1 is 1.29 bits per heavy atom. The van der Waals surface area contributed by atoms with Crippen LogP contribution in [0, 0.1) is 0 Å². The van der Waals surface area contributed by atoms with Crippen molar-refractivity contribution < 1.29 is 14.3 Å². The van der Waals surface area contributed by atoms with E-state index >= 15 is 0 Å². The molecule has 1 aromatic heterocycles. The van der Waals surface area contributed by atoms with Crippen LogP contribution in [0.15, 0.2) is 30.6 Å². The van der Waals surface area contributed by atoms with Gasteiger partial charge in [-0.1, -0.05) is 12.1 Å². The number of nitrogens with one attached hydrogen (secondary N) is 1. The van der Waals surface area contributed by atoms with Crippen molar-refractivity contribution in [2.24, 2.45) is 0 Å². The first-order valence-electron chi connectivity index (χ1n) is 6.77. The third kappa shape index (κ3) is 4.08. The van der Waals surface area contributed by atoms with Crippen molar-refractivity contribution in [3.8, 4) is 16.9 Å². The summed E-state index contributed by atoms with van der Waals surface area (Å²) >= 11 is 0. The summed E-state index contributed by atoms with van der Waals surface area (Å²) in [7, 11) is 1.59. The van der Waals surface area contributed by atoms with Crippen molar-refractivity contribution in [2.45, 2.75) is 32.8 Å². The average molecular weight is 288 g/mol. The van der Waals surface area contributed by atoms with Crippen LogP contribution in [0.3, 0.4) is 0 Å². The molecule has 5 heteroatoms. The van der Waals surface area contributed by atoms with Crippen molar-refractivity contribution in [3.05, 3.63) is 36.2 Å². The number of rotatable bonds is 4. The highest BCUT2D eigenvalue weighted by Crippen LogP contribution is 2.27. The monoisotopic (exact) mass is 288 g/mol. The lowest BCUT2D eigenvalue weighted by Crippen LogP contribution is -2.25. The first-order chi connectivity index (χ1) is 9.89. The predicted octanol–water partition coefficient (Wildman–Crippen LogP) is 2.97. The van der Waals surface area contributed by atoms with Gasteiger partial charge in [-0.05, 0) is 32.4 Å². The molecule has 0 bridgehead atoms. The molecule has 0 saturated carbocycles. The van der Waals surface area contributed by atoms with Crippen molar-refractivity contribution in [1.82, 2.24) is 10.2 Å². The number of aromatic nitrogens is 2. The van der Waals surface area contributed by atoms with Crippen LogP contribution < -0.4 is 4.74 Å². The van der Waals surface area contributed by atoms with E-state index in [1.165, 1.54) is 0 Å². The minimum Gasteiger partial charge on any atom is -0.496 e. The zero-order valence-corrected chi connectivity index (χ0v) is 12.8. The molecule has 1 heterocycles. The molecular weight excluding hydrogens is 268 g/mol. The second-order valence-electron chi connectivity index (χ2n) is 5.78. The van der Waals surface area contributed by atoms with Crippen molar-refractivity contribution in [1.29, 1.82) is 0 Å². The first-order valence-corrected chi connectivity index (χ1v) is 6.77. The lowest BCUT2D eigenvalue weighted by Gasteiger charge is -2.20. The molecule has 0 saturated heterocycles. The van der Waals surface area contributed by atoms with Gasteiger partial charge < -0.3 is 9.47 Å². The number of nitrogens with zero attached hydrogens (tertiary/aromatic N) is 1. The standard InChI is InChI=1S/C16H20N2O3/c1-16(2,3)21-15(19)8-12-6-5-11(7-14(12)20-4)13-9-17-18-10-13/h5-7,9-10H,8H2,1-4H3,(H,17,18). The fourth-order valence-electron chi connectivity index (χ4n) is 2.01. The van der Waals surface area contributed by atoms with Crippen LogP contribution in [0.25, 0.3) is 11.1 Å². The van der Waals surface area contributed by atoms with E-state index < -0.39 is 5.60 Å². The van der Waals surface area contributed by atoms with E-state index in [4.69, 9.17) is 9.47 Å². The molecule has 1 N–H and O–H groups in total. The van der Waals surface area contributed by atoms with Gasteiger partial charge in [0.15, 0.2) is 0 Å². The molecule has 112 valence electrons. The largest absolute Gasteiger partial charge is 0.496 e. The number of esters is 1. The molecule has 1 aromatic carbocycles. The van der Waals surface area contributed by atoms with Gasteiger partial charge in [-0.2, -0.15) is 5.10 Å². The molecule has 5 nitrogen and oxygen atoms in total. The van der Waals surface area contributed by atoms with Crippen LogP contribution in [-0.2, 0) is 16.0 Å². The minimum atomic E-state index is -0.485. The predicted molar refractivity (Wildman–Crippen MR) is 80.1 cm³/mol. The fourth-order valence-corrected chi connectivity index (χ4v) is 2.01. The highest BCUT2D eigenvalue weighted by atomic mass is 16.6. The zero-order chi connectivity index (χ0) is 15.5. The Morgan fingerprint density at radius 3 is 2.62 bits per heavy atom. The maximum absolute atomic E-state index is 11.9. The topological polar surface area (TPSA) is 64.2 Å². The molecule has 2 rings (SSSR count). The van der Waals surface area contributed by atoms with Crippen LogP contribution in [0.4, 0.5) is 0 Å². The highest BCUT2D eigenvalue weighted by molar-refractivity contribution is 5.75. The SMILES string of the molecule is COc1cc(-c2cn[nH]c2)ccc1CC(=O)OC(C)(C)C. The summed E-state index contributed by atoms with van der Waals surface area (Å²) < 4.78 is 10.7. The van der Waals surface area contributed by atoms with Crippen LogP contribution >= 0.6 is 0 Å². The smallest absolute Gasteiger partial charge is 0.310 e. The Bertz CT molecular complexity index is 613. The van der Waals surface area contributed by atoms with E-state index in [1.54, 1.807) is 13.3 Å². The Balaban J connectivity index is 2.19. The van der Waals surface area contributed by atoms with Crippen LogP contribution in [0.1, 0.15) is 26.3 Å². The molecule has 0 aliphatic carbocycles. The van der Waals surface area contributed by atoms with Gasteiger partial charge in [0.25, 0.3) is 0 Å². The lowest BCUT2D eigenvalue weighted by atomic mass is 10.0. The van der Waals surface area contributed by atoms with Gasteiger partial charge in [0.05, 0.1) is 19.7 Å². The van der Waals surface area contributed by atoms with E-state index in [2.05, 4.69) is 10.2 Å². The van der Waals surface area contributed by atoms with Crippen LogP contribution in [-0.4, -0.2) is 28.9 Å². The molecule has 0 atom stereocenters. The summed E-state index contributed by atoms with van der Waals surface area (Å²) in [6, 6.07) is 5.71. The highest BCUT2D eigenvalue weighted by Gasteiger charge is 2.18. The summed E-state index contributed by atoms with van der Waals surface area (Å²) in [5.41, 5.74) is 2.27. The number of carbonyl (C=O) groups excluding carboxylic acids is 1. The summed E-state index contributed by atoms with van der Waals surface area (Å²) in [5.74, 6) is 0.399. The summed E-state index contributed by atoms with van der Waals surface area (Å²) in [4.78, 5) is 11.9. The average Bonchev–Trinajstić information content (AvgIpc) is 2.90. The van der Waals surface area contributed by atoms with Gasteiger partial charge >= 0.3 is 5.97 Å². The van der Waals surface area contributed by atoms with Gasteiger partial charge in [0, 0.05) is 17.3 Å². The quantitative estimate of drug-likeness (QED) is 0.878. The third-order valence-electron chi connectivity index (χ3n) is 2.87. The second-order valence-corrected chi connectivity index (χ2v) is 5.78. The van der Waals surface area contributed by atoms with E-state index in [0.717, 1.165) is 16.7 Å². The number of hydrogen-bond acceptors (Lipinski definition) is 4. The van der Waals surface area contributed by atoms with E-state index in [1.807, 2.05) is 45.2 Å². The summed E-state index contributed by atoms with van der Waals surface area (Å²) in [6.07, 6.45) is 3.73. The van der Waals surface area contributed by atoms with E-state index in [9.17, 15) is 4.79 Å². The molecule has 0 amide bonds. The molecule has 0 aliphatic rings. The van der Waals surface area contributed by atoms with Gasteiger partial charge in [-0.25, -0.2) is 0 Å². The van der Waals surface area contributed by atoms with Crippen molar-refractivity contribution in [2.75, 3.05) is 7.11 Å². The lowest BCUT2D eigenvalue weighted by molar-refractivity contribution is -0.153. The molecule has 0 radical (unpaired) electrons. The second kappa shape index (κ2) is 5.99. The number of benzene rings is 1. The maximum atomic E-state index is 11.9. The molecule has 0 aliphatic heterocycles. The number of carbonyl (C=O) groups is 1. The summed E-state index contributed by atoms with van der Waals surface area (Å²) in [6.45, 7) is 5.55. The molecule has 2 aromatic rings. The van der Waals surface area contributed by atoms with Crippen LogP contribution in [0.5, 0.6) is 5.75 Å². The maximum Gasteiger partial charge on any atom is 0.310 e. The third-order valence-corrected chi connectivity index (χ3v) is 2.87.